The molecule has 0 spiro atoms. The van der Waals surface area contributed by atoms with Gasteiger partial charge in [-0.3, -0.25) is 14.5 Å². The van der Waals surface area contributed by atoms with Crippen LogP contribution in [0.2, 0.25) is 5.02 Å². The van der Waals surface area contributed by atoms with Crippen molar-refractivity contribution in [2.75, 3.05) is 33.2 Å². The molecule has 3 aromatic carbocycles. The van der Waals surface area contributed by atoms with E-state index >= 15 is 0 Å². The van der Waals surface area contributed by atoms with Crippen LogP contribution in [-0.2, 0) is 0 Å². The topological polar surface area (TPSA) is 52.7 Å². The lowest BCUT2D eigenvalue weighted by Gasteiger charge is -2.46. The molecule has 0 aromatic heterocycles. The first kappa shape index (κ1) is 26.7. The third-order valence-electron chi connectivity index (χ3n) is 7.65. The molecule has 3 aromatic rings. The van der Waals surface area contributed by atoms with Gasteiger partial charge in [-0.05, 0) is 81.7 Å². The molecule has 196 valence electrons. The third-order valence-corrected chi connectivity index (χ3v) is 8.79. The number of hydrogen-bond donors (Lipinski definition) is 1. The Morgan fingerprint density at radius 1 is 0.947 bits per heavy atom. The Morgan fingerprint density at radius 2 is 1.71 bits per heavy atom. The van der Waals surface area contributed by atoms with Gasteiger partial charge in [-0.25, -0.2) is 0 Å². The van der Waals surface area contributed by atoms with Crippen molar-refractivity contribution in [3.63, 3.8) is 0 Å². The maximum Gasteiger partial charge on any atom is 0.255 e. The maximum atomic E-state index is 13.6. The zero-order valence-corrected chi connectivity index (χ0v) is 23.7. The van der Waals surface area contributed by atoms with Gasteiger partial charge in [-0.1, -0.05) is 60.2 Å². The second-order valence-corrected chi connectivity index (χ2v) is 11.2. The van der Waals surface area contributed by atoms with Crippen LogP contribution in [0.4, 0.5) is 0 Å². The number of piperazine rings is 1. The van der Waals surface area contributed by atoms with E-state index in [4.69, 9.17) is 11.6 Å². The van der Waals surface area contributed by atoms with Crippen molar-refractivity contribution in [3.8, 4) is 0 Å². The number of halogens is 2. The Hall–Kier alpha value is -2.93. The number of hydrogen-bond acceptors (Lipinski definition) is 3. The van der Waals surface area contributed by atoms with Crippen molar-refractivity contribution in [3.05, 3.63) is 104 Å². The van der Waals surface area contributed by atoms with E-state index in [9.17, 15) is 9.59 Å². The van der Waals surface area contributed by atoms with Crippen LogP contribution in [0.5, 0.6) is 0 Å². The van der Waals surface area contributed by atoms with Gasteiger partial charge in [0.1, 0.15) is 0 Å². The second kappa shape index (κ2) is 11.9. The average Bonchev–Trinajstić information content (AvgIpc) is 2.96. The minimum absolute atomic E-state index is 0.0709. The van der Waals surface area contributed by atoms with E-state index in [0.717, 1.165) is 59.6 Å². The first-order valence-electron chi connectivity index (χ1n) is 13.0. The van der Waals surface area contributed by atoms with Gasteiger partial charge in [0, 0.05) is 54.3 Å². The Bertz CT molecular complexity index is 1340. The first-order valence-corrected chi connectivity index (χ1v) is 14.2. The van der Waals surface area contributed by atoms with Gasteiger partial charge in [-0.15, -0.1) is 0 Å². The molecule has 0 radical (unpaired) electrons. The highest BCUT2D eigenvalue weighted by molar-refractivity contribution is 9.10. The summed E-state index contributed by atoms with van der Waals surface area (Å²) in [6, 6.07) is 21.9. The van der Waals surface area contributed by atoms with Crippen molar-refractivity contribution in [1.29, 1.82) is 0 Å². The Morgan fingerprint density at radius 3 is 2.45 bits per heavy atom. The zero-order chi connectivity index (χ0) is 26.6. The van der Waals surface area contributed by atoms with Crippen molar-refractivity contribution in [2.45, 2.75) is 24.8 Å². The highest BCUT2D eigenvalue weighted by Gasteiger charge is 2.35. The number of carbonyl (C=O) groups is 2. The summed E-state index contributed by atoms with van der Waals surface area (Å²) >= 11 is 9.77. The normalized spacial score (nSPS) is 19.8. The standard InChI is InChI=1S/C31H31BrClN3O2/c1-34-30(37)24-9-6-21(7-10-24)5-8-23-3-2-4-28(29(23)32)31(38)36-18-17-35-19-25(13-16-27(35)20-36)22-11-14-26(33)15-12-22/h2-12,14-15,25,27H,13,16-20H2,1H3,(H,34,37)/b8-5+/t25-,27+/m0/s1. The summed E-state index contributed by atoms with van der Waals surface area (Å²) in [4.78, 5) is 29.9. The van der Waals surface area contributed by atoms with Gasteiger partial charge in [0.2, 0.25) is 0 Å². The van der Waals surface area contributed by atoms with Gasteiger partial charge >= 0.3 is 0 Å². The van der Waals surface area contributed by atoms with Crippen LogP contribution in [0.3, 0.4) is 0 Å². The predicted molar refractivity (Wildman–Crippen MR) is 158 cm³/mol. The Kier molecular flexibility index (Phi) is 8.32. The molecule has 2 aliphatic rings. The van der Waals surface area contributed by atoms with E-state index in [1.54, 1.807) is 19.2 Å². The minimum Gasteiger partial charge on any atom is -0.355 e. The quantitative estimate of drug-likeness (QED) is 0.352. The molecule has 2 saturated heterocycles. The molecule has 2 aliphatic heterocycles. The minimum atomic E-state index is -0.107. The summed E-state index contributed by atoms with van der Waals surface area (Å²) in [5, 5.41) is 3.40. The summed E-state index contributed by atoms with van der Waals surface area (Å²) in [5.74, 6) is 0.481. The number of rotatable bonds is 5. The number of benzene rings is 3. The third kappa shape index (κ3) is 5.88. The number of nitrogens with zero attached hydrogens (tertiary/aromatic N) is 2. The van der Waals surface area contributed by atoms with Gasteiger partial charge in [0.15, 0.2) is 0 Å². The molecule has 0 bridgehead atoms. The van der Waals surface area contributed by atoms with Crippen LogP contribution >= 0.6 is 27.5 Å². The molecule has 7 heteroatoms. The fraction of sp³-hybridized carbons (Fsp3) is 0.290. The highest BCUT2D eigenvalue weighted by Crippen LogP contribution is 2.33. The summed E-state index contributed by atoms with van der Waals surface area (Å²) < 4.78 is 0.803. The number of nitrogens with one attached hydrogen (secondary N) is 1. The number of amides is 2. The van der Waals surface area contributed by atoms with Crippen molar-refractivity contribution in [2.24, 2.45) is 0 Å². The molecule has 0 aliphatic carbocycles. The predicted octanol–water partition coefficient (Wildman–Crippen LogP) is 6.34. The molecule has 2 fully saturated rings. The number of fused-ring (bicyclic) bond motifs is 1. The van der Waals surface area contributed by atoms with Crippen LogP contribution in [0, 0.1) is 0 Å². The molecule has 5 nitrogen and oxygen atoms in total. The summed E-state index contributed by atoms with van der Waals surface area (Å²) in [6.45, 7) is 3.41. The van der Waals surface area contributed by atoms with Gasteiger partial charge in [0.05, 0.1) is 5.56 Å². The van der Waals surface area contributed by atoms with E-state index in [1.165, 1.54) is 5.56 Å². The molecule has 0 unspecified atom stereocenters. The molecule has 1 N–H and O–H groups in total. The highest BCUT2D eigenvalue weighted by atomic mass is 79.9. The van der Waals surface area contributed by atoms with E-state index in [0.29, 0.717) is 23.1 Å². The van der Waals surface area contributed by atoms with E-state index in [2.05, 4.69) is 38.3 Å². The Balaban J connectivity index is 1.23. The lowest BCUT2D eigenvalue weighted by Crippen LogP contribution is -2.57. The van der Waals surface area contributed by atoms with Crippen LogP contribution in [0.15, 0.2) is 71.2 Å². The molecule has 2 heterocycles. The number of piperidine rings is 1. The van der Waals surface area contributed by atoms with Crippen LogP contribution in [0.1, 0.15) is 56.2 Å². The number of carbonyl (C=O) groups excluding carboxylic acids is 2. The molecule has 2 amide bonds. The van der Waals surface area contributed by atoms with Crippen LogP contribution < -0.4 is 5.32 Å². The van der Waals surface area contributed by atoms with Crippen LogP contribution in [0.25, 0.3) is 12.2 Å². The van der Waals surface area contributed by atoms with Gasteiger partial charge in [-0.2, -0.15) is 0 Å². The van der Waals surface area contributed by atoms with Crippen LogP contribution in [-0.4, -0.2) is 60.9 Å². The largest absolute Gasteiger partial charge is 0.355 e. The van der Waals surface area contributed by atoms with E-state index in [-0.39, 0.29) is 11.8 Å². The smallest absolute Gasteiger partial charge is 0.255 e. The second-order valence-electron chi connectivity index (χ2n) is 9.97. The zero-order valence-electron chi connectivity index (χ0n) is 21.4. The summed E-state index contributed by atoms with van der Waals surface area (Å²) in [6.07, 6.45) is 6.18. The average molecular weight is 593 g/mol. The molecule has 0 saturated carbocycles. The first-order chi connectivity index (χ1) is 18.4. The van der Waals surface area contributed by atoms with Gasteiger partial charge < -0.3 is 10.2 Å². The molecule has 5 rings (SSSR count). The maximum absolute atomic E-state index is 13.6. The fourth-order valence-corrected chi connectivity index (χ4v) is 6.15. The monoisotopic (exact) mass is 591 g/mol. The lowest BCUT2D eigenvalue weighted by atomic mass is 9.86. The summed E-state index contributed by atoms with van der Waals surface area (Å²) in [5.41, 5.74) is 4.57. The van der Waals surface area contributed by atoms with E-state index < -0.39 is 0 Å². The molecule has 38 heavy (non-hydrogen) atoms. The molecule has 2 atom stereocenters. The van der Waals surface area contributed by atoms with E-state index in [1.807, 2.05) is 59.5 Å². The lowest BCUT2D eigenvalue weighted by molar-refractivity contribution is 0.0328. The Labute approximate surface area is 237 Å². The van der Waals surface area contributed by atoms with Crippen molar-refractivity contribution < 1.29 is 9.59 Å². The molecular weight excluding hydrogens is 562 g/mol. The van der Waals surface area contributed by atoms with Gasteiger partial charge in [0.25, 0.3) is 11.8 Å². The summed E-state index contributed by atoms with van der Waals surface area (Å²) in [7, 11) is 1.62. The fourth-order valence-electron chi connectivity index (χ4n) is 5.46. The van der Waals surface area contributed by atoms with Crippen molar-refractivity contribution in [1.82, 2.24) is 15.1 Å². The SMILES string of the molecule is CNC(=O)c1ccc(/C=C/c2cccc(C(=O)N3CCN4C[C@@H](c5ccc(Cl)cc5)CC[C@@H]4C3)c2Br)cc1. The molecular formula is C31H31BrClN3O2. The van der Waals surface area contributed by atoms with Crippen molar-refractivity contribution >= 4 is 51.5 Å².